The fourth-order valence-corrected chi connectivity index (χ4v) is 2.77. The second-order valence-corrected chi connectivity index (χ2v) is 5.60. The van der Waals surface area contributed by atoms with Gasteiger partial charge in [0, 0.05) is 24.2 Å². The van der Waals surface area contributed by atoms with Crippen molar-refractivity contribution in [2.45, 2.75) is 19.4 Å². The highest BCUT2D eigenvalue weighted by atomic mass is 32.1. The number of hydrogen-bond donors (Lipinski definition) is 1. The first-order valence-corrected chi connectivity index (χ1v) is 7.51. The second-order valence-electron chi connectivity index (χ2n) is 4.73. The van der Waals surface area contributed by atoms with Crippen LogP contribution in [0.1, 0.15) is 17.7 Å². The lowest BCUT2D eigenvalue weighted by molar-refractivity contribution is -0.121. The molecule has 2 heterocycles. The van der Waals surface area contributed by atoms with Gasteiger partial charge in [0.05, 0.1) is 12.2 Å². The average molecular weight is 303 g/mol. The molecule has 1 aromatic carbocycles. The Morgan fingerprint density at radius 2 is 2.14 bits per heavy atom. The van der Waals surface area contributed by atoms with Crippen LogP contribution in [0.4, 0.5) is 4.39 Å². The van der Waals surface area contributed by atoms with Crippen molar-refractivity contribution in [3.63, 3.8) is 0 Å². The number of carbonyl (C=O) groups excluding carboxylic acids is 1. The predicted octanol–water partition coefficient (Wildman–Crippen LogP) is 2.78. The van der Waals surface area contributed by atoms with Gasteiger partial charge in [-0.2, -0.15) is 0 Å². The van der Waals surface area contributed by atoms with E-state index in [9.17, 15) is 9.18 Å². The highest BCUT2D eigenvalue weighted by Gasteiger charge is 2.06. The van der Waals surface area contributed by atoms with E-state index in [0.29, 0.717) is 19.4 Å². The van der Waals surface area contributed by atoms with Gasteiger partial charge in [-0.15, -0.1) is 11.3 Å². The monoisotopic (exact) mass is 303 g/mol. The molecule has 4 nitrogen and oxygen atoms in total. The van der Waals surface area contributed by atoms with Gasteiger partial charge in [-0.25, -0.2) is 9.37 Å². The summed E-state index contributed by atoms with van der Waals surface area (Å²) >= 11 is 1.56. The van der Waals surface area contributed by atoms with Crippen LogP contribution in [0.5, 0.6) is 0 Å². The lowest BCUT2D eigenvalue weighted by Gasteiger charge is -2.03. The van der Waals surface area contributed by atoms with Gasteiger partial charge in [-0.3, -0.25) is 9.20 Å². The van der Waals surface area contributed by atoms with Crippen molar-refractivity contribution < 1.29 is 9.18 Å². The summed E-state index contributed by atoms with van der Waals surface area (Å²) in [6.07, 6.45) is 4.83. The number of carbonyl (C=O) groups is 1. The number of hydrogen-bond acceptors (Lipinski definition) is 3. The zero-order valence-corrected chi connectivity index (χ0v) is 12.1. The molecule has 0 saturated carbocycles. The van der Waals surface area contributed by atoms with E-state index in [1.807, 2.05) is 22.2 Å². The van der Waals surface area contributed by atoms with Gasteiger partial charge >= 0.3 is 0 Å². The fourth-order valence-electron chi connectivity index (χ4n) is 2.05. The van der Waals surface area contributed by atoms with Crippen LogP contribution in [-0.2, 0) is 17.8 Å². The zero-order chi connectivity index (χ0) is 14.7. The SMILES string of the molecule is O=C(CCc1ccc(F)cc1)NCc1cn2ccsc2n1. The van der Waals surface area contributed by atoms with Crippen LogP contribution in [0.25, 0.3) is 4.96 Å². The zero-order valence-electron chi connectivity index (χ0n) is 11.3. The van der Waals surface area contributed by atoms with Crippen molar-refractivity contribution >= 4 is 22.2 Å². The largest absolute Gasteiger partial charge is 0.350 e. The predicted molar refractivity (Wildman–Crippen MR) is 79.6 cm³/mol. The van der Waals surface area contributed by atoms with Gasteiger partial charge in [0.15, 0.2) is 4.96 Å². The highest BCUT2D eigenvalue weighted by molar-refractivity contribution is 7.15. The topological polar surface area (TPSA) is 46.4 Å². The van der Waals surface area contributed by atoms with E-state index in [1.165, 1.54) is 12.1 Å². The molecular formula is C15H14FN3OS. The molecule has 0 aliphatic heterocycles. The van der Waals surface area contributed by atoms with Crippen LogP contribution in [0.15, 0.2) is 42.0 Å². The number of imidazole rings is 1. The van der Waals surface area contributed by atoms with Gasteiger partial charge in [0.25, 0.3) is 0 Å². The normalized spacial score (nSPS) is 10.9. The Kier molecular flexibility index (Phi) is 3.96. The molecular weight excluding hydrogens is 289 g/mol. The van der Waals surface area contributed by atoms with Crippen LogP contribution in [-0.4, -0.2) is 15.3 Å². The molecule has 0 saturated heterocycles. The number of amides is 1. The molecule has 0 fully saturated rings. The first-order chi connectivity index (χ1) is 10.2. The van der Waals surface area contributed by atoms with E-state index in [4.69, 9.17) is 0 Å². The molecule has 21 heavy (non-hydrogen) atoms. The molecule has 6 heteroatoms. The first kappa shape index (κ1) is 13.8. The summed E-state index contributed by atoms with van der Waals surface area (Å²) in [6, 6.07) is 6.22. The summed E-state index contributed by atoms with van der Waals surface area (Å²) in [5.74, 6) is -0.293. The standard InChI is InChI=1S/C15H14FN3OS/c16-12-4-1-11(2-5-12)3-6-14(20)17-9-13-10-19-7-8-21-15(19)18-13/h1-2,4-5,7-8,10H,3,6,9H2,(H,17,20). The van der Waals surface area contributed by atoms with Gasteiger partial charge < -0.3 is 5.32 Å². The van der Waals surface area contributed by atoms with Crippen molar-refractivity contribution in [2.24, 2.45) is 0 Å². The van der Waals surface area contributed by atoms with Crippen molar-refractivity contribution in [1.29, 1.82) is 0 Å². The summed E-state index contributed by atoms with van der Waals surface area (Å²) in [4.78, 5) is 17.1. The number of nitrogens with one attached hydrogen (secondary N) is 1. The van der Waals surface area contributed by atoms with E-state index in [0.717, 1.165) is 16.2 Å². The Hall–Kier alpha value is -2.21. The number of aryl methyl sites for hydroxylation is 1. The third-order valence-corrected chi connectivity index (χ3v) is 3.93. The summed E-state index contributed by atoms with van der Waals surface area (Å²) in [5.41, 5.74) is 1.80. The van der Waals surface area contributed by atoms with Crippen LogP contribution >= 0.6 is 11.3 Å². The quantitative estimate of drug-likeness (QED) is 0.788. The lowest BCUT2D eigenvalue weighted by Crippen LogP contribution is -2.23. The minimum Gasteiger partial charge on any atom is -0.350 e. The Morgan fingerprint density at radius 1 is 1.33 bits per heavy atom. The van der Waals surface area contributed by atoms with Crippen molar-refractivity contribution in [3.8, 4) is 0 Å². The number of rotatable bonds is 5. The summed E-state index contributed by atoms with van der Waals surface area (Å²) < 4.78 is 14.7. The van der Waals surface area contributed by atoms with Crippen molar-refractivity contribution in [3.05, 3.63) is 59.1 Å². The molecule has 3 aromatic rings. The fraction of sp³-hybridized carbons (Fsp3) is 0.200. The van der Waals surface area contributed by atoms with Crippen LogP contribution < -0.4 is 5.32 Å². The molecule has 2 aromatic heterocycles. The van der Waals surface area contributed by atoms with E-state index in [1.54, 1.807) is 23.5 Å². The number of benzene rings is 1. The summed E-state index contributed by atoms with van der Waals surface area (Å²) in [5, 5.41) is 4.81. The summed E-state index contributed by atoms with van der Waals surface area (Å²) in [6.45, 7) is 0.427. The Balaban J connectivity index is 1.48. The van der Waals surface area contributed by atoms with E-state index in [2.05, 4.69) is 10.3 Å². The van der Waals surface area contributed by atoms with E-state index >= 15 is 0 Å². The molecule has 108 valence electrons. The van der Waals surface area contributed by atoms with Crippen molar-refractivity contribution in [2.75, 3.05) is 0 Å². The van der Waals surface area contributed by atoms with E-state index < -0.39 is 0 Å². The van der Waals surface area contributed by atoms with Crippen LogP contribution in [0.3, 0.4) is 0 Å². The Morgan fingerprint density at radius 3 is 2.90 bits per heavy atom. The molecule has 0 spiro atoms. The minimum absolute atomic E-state index is 0.0318. The minimum atomic E-state index is -0.261. The maximum absolute atomic E-state index is 12.8. The molecule has 0 bridgehead atoms. The Bertz CT molecular complexity index is 719. The number of nitrogens with zero attached hydrogens (tertiary/aromatic N) is 2. The molecule has 0 aliphatic rings. The third-order valence-electron chi connectivity index (χ3n) is 3.16. The van der Waals surface area contributed by atoms with Gasteiger partial charge in [0.1, 0.15) is 5.82 Å². The smallest absolute Gasteiger partial charge is 0.220 e. The number of halogens is 1. The highest BCUT2D eigenvalue weighted by Crippen LogP contribution is 2.11. The average Bonchev–Trinajstić information content (AvgIpc) is 3.05. The molecule has 0 radical (unpaired) electrons. The third kappa shape index (κ3) is 3.46. The molecule has 1 N–H and O–H groups in total. The molecule has 3 rings (SSSR count). The molecule has 1 amide bonds. The van der Waals surface area contributed by atoms with Crippen molar-refractivity contribution in [1.82, 2.24) is 14.7 Å². The number of thiazole rings is 1. The van der Waals surface area contributed by atoms with Crippen LogP contribution in [0, 0.1) is 5.82 Å². The van der Waals surface area contributed by atoms with Gasteiger partial charge in [-0.1, -0.05) is 12.1 Å². The summed E-state index contributed by atoms with van der Waals surface area (Å²) in [7, 11) is 0. The maximum Gasteiger partial charge on any atom is 0.220 e. The van der Waals surface area contributed by atoms with E-state index in [-0.39, 0.29) is 11.7 Å². The van der Waals surface area contributed by atoms with Gasteiger partial charge in [0.2, 0.25) is 5.91 Å². The molecule has 0 aliphatic carbocycles. The maximum atomic E-state index is 12.8. The molecule has 0 atom stereocenters. The first-order valence-electron chi connectivity index (χ1n) is 6.63. The number of aromatic nitrogens is 2. The van der Waals surface area contributed by atoms with Gasteiger partial charge in [-0.05, 0) is 24.1 Å². The second kappa shape index (κ2) is 6.05. The Labute approximate surface area is 125 Å². The lowest BCUT2D eigenvalue weighted by atomic mass is 10.1. The number of fused-ring (bicyclic) bond motifs is 1. The van der Waals surface area contributed by atoms with Crippen LogP contribution in [0.2, 0.25) is 0 Å². The molecule has 0 unspecified atom stereocenters.